The van der Waals surface area contributed by atoms with Crippen molar-refractivity contribution >= 4 is 11.8 Å². The standard InChI is InChI=1S/C13H21N5O/c1-17(2)13(14)15-10-11-4-3-5-12(16-11)18-6-8-19-9-7-18/h3-5H,6-10H2,1-2H3,(H2,14,15). The Bertz CT molecular complexity index is 440. The number of morpholine rings is 1. The minimum atomic E-state index is 0.502. The molecular formula is C13H21N5O. The lowest BCUT2D eigenvalue weighted by Gasteiger charge is -2.27. The van der Waals surface area contributed by atoms with Crippen molar-refractivity contribution in [3.05, 3.63) is 23.9 Å². The van der Waals surface area contributed by atoms with Gasteiger partial charge < -0.3 is 20.3 Å². The topological polar surface area (TPSA) is 67.0 Å². The molecule has 1 aromatic heterocycles. The zero-order chi connectivity index (χ0) is 13.7. The monoisotopic (exact) mass is 263 g/mol. The lowest BCUT2D eigenvalue weighted by Crippen LogP contribution is -2.36. The van der Waals surface area contributed by atoms with Crippen LogP contribution in [-0.4, -0.2) is 56.2 Å². The maximum Gasteiger partial charge on any atom is 0.191 e. The molecule has 2 N–H and O–H groups in total. The number of pyridine rings is 1. The van der Waals surface area contributed by atoms with E-state index in [2.05, 4.69) is 14.9 Å². The molecule has 104 valence electrons. The summed E-state index contributed by atoms with van der Waals surface area (Å²) in [7, 11) is 3.74. The highest BCUT2D eigenvalue weighted by atomic mass is 16.5. The average Bonchev–Trinajstić information content (AvgIpc) is 2.46. The normalized spacial score (nSPS) is 16.5. The van der Waals surface area contributed by atoms with Crippen molar-refractivity contribution in [2.45, 2.75) is 6.54 Å². The first-order valence-electron chi connectivity index (χ1n) is 6.42. The van der Waals surface area contributed by atoms with Gasteiger partial charge in [0.2, 0.25) is 0 Å². The molecule has 2 heterocycles. The highest BCUT2D eigenvalue weighted by Crippen LogP contribution is 2.13. The SMILES string of the molecule is CN(C)C(N)=NCc1cccc(N2CCOCC2)n1. The molecule has 0 aromatic carbocycles. The molecule has 0 bridgehead atoms. The van der Waals surface area contributed by atoms with Crippen LogP contribution in [0.4, 0.5) is 5.82 Å². The fraction of sp³-hybridized carbons (Fsp3) is 0.538. The number of guanidine groups is 1. The van der Waals surface area contributed by atoms with Gasteiger partial charge in [-0.05, 0) is 12.1 Å². The van der Waals surface area contributed by atoms with E-state index in [4.69, 9.17) is 10.5 Å². The van der Waals surface area contributed by atoms with Crippen molar-refractivity contribution < 1.29 is 4.74 Å². The van der Waals surface area contributed by atoms with E-state index in [1.54, 1.807) is 4.90 Å². The van der Waals surface area contributed by atoms with Crippen molar-refractivity contribution in [1.29, 1.82) is 0 Å². The van der Waals surface area contributed by atoms with Gasteiger partial charge in [-0.1, -0.05) is 6.07 Å². The zero-order valence-corrected chi connectivity index (χ0v) is 11.5. The largest absolute Gasteiger partial charge is 0.378 e. The Morgan fingerprint density at radius 2 is 2.16 bits per heavy atom. The average molecular weight is 263 g/mol. The van der Waals surface area contributed by atoms with Crippen LogP contribution in [0.2, 0.25) is 0 Å². The minimum Gasteiger partial charge on any atom is -0.378 e. The number of ether oxygens (including phenoxy) is 1. The Morgan fingerprint density at radius 1 is 1.42 bits per heavy atom. The Kier molecular flexibility index (Phi) is 4.57. The Morgan fingerprint density at radius 3 is 2.84 bits per heavy atom. The summed E-state index contributed by atoms with van der Waals surface area (Å²) in [6.45, 7) is 3.80. The summed E-state index contributed by atoms with van der Waals surface area (Å²) in [5.41, 5.74) is 6.69. The van der Waals surface area contributed by atoms with E-state index in [-0.39, 0.29) is 0 Å². The number of nitrogens with two attached hydrogens (primary N) is 1. The van der Waals surface area contributed by atoms with Gasteiger partial charge in [-0.3, -0.25) is 0 Å². The third-order valence-corrected chi connectivity index (χ3v) is 2.99. The summed E-state index contributed by atoms with van der Waals surface area (Å²) in [6.07, 6.45) is 0. The van der Waals surface area contributed by atoms with E-state index in [1.807, 2.05) is 32.3 Å². The van der Waals surface area contributed by atoms with E-state index < -0.39 is 0 Å². The molecule has 0 amide bonds. The van der Waals surface area contributed by atoms with Crippen LogP contribution in [0.1, 0.15) is 5.69 Å². The molecule has 1 aliphatic rings. The summed E-state index contributed by atoms with van der Waals surface area (Å²) in [4.78, 5) is 12.9. The molecule has 0 spiro atoms. The summed E-state index contributed by atoms with van der Waals surface area (Å²) < 4.78 is 5.34. The number of hydrogen-bond acceptors (Lipinski definition) is 4. The molecule has 6 heteroatoms. The molecule has 1 saturated heterocycles. The van der Waals surface area contributed by atoms with Gasteiger partial charge in [-0.2, -0.15) is 0 Å². The number of rotatable bonds is 3. The quantitative estimate of drug-likeness (QED) is 0.627. The number of aromatic nitrogens is 1. The van der Waals surface area contributed by atoms with Gasteiger partial charge in [0.15, 0.2) is 5.96 Å². The Hall–Kier alpha value is -1.82. The second kappa shape index (κ2) is 6.38. The van der Waals surface area contributed by atoms with Crippen LogP contribution >= 0.6 is 0 Å². The van der Waals surface area contributed by atoms with Gasteiger partial charge in [0, 0.05) is 27.2 Å². The van der Waals surface area contributed by atoms with Crippen molar-refractivity contribution in [2.24, 2.45) is 10.7 Å². The molecule has 6 nitrogen and oxygen atoms in total. The lowest BCUT2D eigenvalue weighted by molar-refractivity contribution is 0.122. The molecule has 19 heavy (non-hydrogen) atoms. The molecule has 1 aliphatic heterocycles. The molecule has 1 aromatic rings. The first-order chi connectivity index (χ1) is 9.16. The van der Waals surface area contributed by atoms with Gasteiger partial charge in [0.1, 0.15) is 5.82 Å². The maximum atomic E-state index is 5.77. The second-order valence-corrected chi connectivity index (χ2v) is 4.66. The molecule has 1 fully saturated rings. The molecule has 0 atom stereocenters. The Balaban J connectivity index is 2.04. The van der Waals surface area contributed by atoms with E-state index >= 15 is 0 Å². The number of aliphatic imine (C=N–C) groups is 1. The van der Waals surface area contributed by atoms with E-state index in [0.29, 0.717) is 12.5 Å². The first kappa shape index (κ1) is 13.6. The van der Waals surface area contributed by atoms with Crippen LogP contribution in [0.15, 0.2) is 23.2 Å². The summed E-state index contributed by atoms with van der Waals surface area (Å²) in [6, 6.07) is 6.00. The Labute approximate surface area is 113 Å². The zero-order valence-electron chi connectivity index (χ0n) is 11.5. The van der Waals surface area contributed by atoms with Crippen LogP contribution in [0.5, 0.6) is 0 Å². The van der Waals surface area contributed by atoms with Crippen LogP contribution in [0.3, 0.4) is 0 Å². The van der Waals surface area contributed by atoms with Crippen molar-refractivity contribution in [2.75, 3.05) is 45.3 Å². The number of anilines is 1. The second-order valence-electron chi connectivity index (χ2n) is 4.66. The first-order valence-corrected chi connectivity index (χ1v) is 6.42. The molecule has 0 radical (unpaired) electrons. The number of nitrogens with zero attached hydrogens (tertiary/aromatic N) is 4. The van der Waals surface area contributed by atoms with Crippen LogP contribution < -0.4 is 10.6 Å². The summed E-state index contributed by atoms with van der Waals surface area (Å²) in [5, 5.41) is 0. The predicted molar refractivity (Wildman–Crippen MR) is 76.3 cm³/mol. The summed E-state index contributed by atoms with van der Waals surface area (Å²) in [5.74, 6) is 1.50. The van der Waals surface area contributed by atoms with Gasteiger partial charge in [-0.25, -0.2) is 9.98 Å². The van der Waals surface area contributed by atoms with Gasteiger partial charge in [0.05, 0.1) is 25.5 Å². The molecule has 0 saturated carbocycles. The third-order valence-electron chi connectivity index (χ3n) is 2.99. The van der Waals surface area contributed by atoms with E-state index in [9.17, 15) is 0 Å². The van der Waals surface area contributed by atoms with Crippen LogP contribution in [0, 0.1) is 0 Å². The molecular weight excluding hydrogens is 242 g/mol. The van der Waals surface area contributed by atoms with Crippen LogP contribution in [0.25, 0.3) is 0 Å². The smallest absolute Gasteiger partial charge is 0.191 e. The van der Waals surface area contributed by atoms with E-state index in [1.165, 1.54) is 0 Å². The van der Waals surface area contributed by atoms with Crippen molar-refractivity contribution in [3.63, 3.8) is 0 Å². The fourth-order valence-electron chi connectivity index (χ4n) is 1.83. The highest BCUT2D eigenvalue weighted by Gasteiger charge is 2.12. The van der Waals surface area contributed by atoms with Crippen molar-refractivity contribution in [3.8, 4) is 0 Å². The van der Waals surface area contributed by atoms with Gasteiger partial charge >= 0.3 is 0 Å². The van der Waals surface area contributed by atoms with Crippen LogP contribution in [-0.2, 0) is 11.3 Å². The molecule has 0 aliphatic carbocycles. The van der Waals surface area contributed by atoms with E-state index in [0.717, 1.165) is 37.8 Å². The third kappa shape index (κ3) is 3.82. The summed E-state index contributed by atoms with van der Waals surface area (Å²) >= 11 is 0. The fourth-order valence-corrected chi connectivity index (χ4v) is 1.83. The molecule has 2 rings (SSSR count). The molecule has 0 unspecified atom stereocenters. The van der Waals surface area contributed by atoms with Gasteiger partial charge in [0.25, 0.3) is 0 Å². The highest BCUT2D eigenvalue weighted by molar-refractivity contribution is 5.77. The maximum absolute atomic E-state index is 5.77. The van der Waals surface area contributed by atoms with Crippen molar-refractivity contribution in [1.82, 2.24) is 9.88 Å². The lowest BCUT2D eigenvalue weighted by atomic mass is 10.3. The van der Waals surface area contributed by atoms with Gasteiger partial charge in [-0.15, -0.1) is 0 Å². The minimum absolute atomic E-state index is 0.502. The number of hydrogen-bond donors (Lipinski definition) is 1. The predicted octanol–water partition coefficient (Wildman–Crippen LogP) is 0.295.